The van der Waals surface area contributed by atoms with Crippen molar-refractivity contribution in [1.82, 2.24) is 5.32 Å². The molecule has 0 aliphatic carbocycles. The monoisotopic (exact) mass is 306 g/mol. The molecule has 1 unspecified atom stereocenters. The van der Waals surface area contributed by atoms with Gasteiger partial charge in [-0.3, -0.25) is 0 Å². The van der Waals surface area contributed by atoms with E-state index in [4.69, 9.17) is 16.7 Å². The lowest BCUT2D eigenvalue weighted by molar-refractivity contribution is 0.523. The molecule has 4 nitrogen and oxygen atoms in total. The number of fused-ring (bicyclic) bond motifs is 1. The fourth-order valence-corrected chi connectivity index (χ4v) is 3.64. The third-order valence-corrected chi connectivity index (χ3v) is 4.92. The van der Waals surface area contributed by atoms with Crippen molar-refractivity contribution >= 4 is 33.4 Å². The fraction of sp³-hybridized carbons (Fsp3) is 0.455. The number of thioether (sulfide) groups is 1. The summed E-state index contributed by atoms with van der Waals surface area (Å²) in [5.41, 5.74) is 1.15. The summed E-state index contributed by atoms with van der Waals surface area (Å²) in [7, 11) is -3.40. The molecule has 0 bridgehead atoms. The second kappa shape index (κ2) is 5.79. The van der Waals surface area contributed by atoms with Crippen LogP contribution in [0.4, 0.5) is 0 Å². The maximum atomic E-state index is 10.9. The number of nitrogens with one attached hydrogen (secondary N) is 1. The molecule has 1 heterocycles. The van der Waals surface area contributed by atoms with E-state index in [0.717, 1.165) is 17.7 Å². The lowest BCUT2D eigenvalue weighted by atomic mass is 10.0. The molecule has 2 rings (SSSR count). The van der Waals surface area contributed by atoms with E-state index >= 15 is 0 Å². The van der Waals surface area contributed by atoms with Crippen LogP contribution in [0.25, 0.3) is 0 Å². The fourth-order valence-electron chi connectivity index (χ4n) is 1.95. The van der Waals surface area contributed by atoms with Crippen molar-refractivity contribution in [3.63, 3.8) is 0 Å². The molecule has 1 aliphatic heterocycles. The number of sulfonamides is 1. The van der Waals surface area contributed by atoms with Crippen LogP contribution in [-0.2, 0) is 10.0 Å². The molecular weight excluding hydrogens is 292 g/mol. The van der Waals surface area contributed by atoms with Crippen LogP contribution in [0.3, 0.4) is 0 Å². The maximum Gasteiger partial charge on any atom is 0.210 e. The van der Waals surface area contributed by atoms with Gasteiger partial charge in [-0.15, -0.1) is 11.8 Å². The van der Waals surface area contributed by atoms with E-state index in [1.807, 2.05) is 18.2 Å². The summed E-state index contributed by atoms with van der Waals surface area (Å²) >= 11 is 7.79. The summed E-state index contributed by atoms with van der Waals surface area (Å²) in [6.07, 6.45) is 0.961. The molecule has 0 amide bonds. The first-order valence-electron chi connectivity index (χ1n) is 5.62. The Hall–Kier alpha value is -0.270. The topological polar surface area (TPSA) is 72.2 Å². The molecule has 1 aliphatic rings. The lowest BCUT2D eigenvalue weighted by Gasteiger charge is -2.26. The second-order valence-electron chi connectivity index (χ2n) is 4.19. The Bertz CT molecular complexity index is 534. The Morgan fingerprint density at radius 1 is 1.50 bits per heavy atom. The number of hydrogen-bond donors (Lipinski definition) is 2. The van der Waals surface area contributed by atoms with Gasteiger partial charge in [0, 0.05) is 22.5 Å². The predicted octanol–water partition coefficient (Wildman–Crippen LogP) is 1.76. The highest BCUT2D eigenvalue weighted by atomic mass is 35.5. The van der Waals surface area contributed by atoms with E-state index in [1.165, 1.54) is 4.90 Å². The molecule has 18 heavy (non-hydrogen) atoms. The van der Waals surface area contributed by atoms with Crippen molar-refractivity contribution in [1.29, 1.82) is 0 Å². The van der Waals surface area contributed by atoms with Gasteiger partial charge in [0.2, 0.25) is 10.0 Å². The summed E-state index contributed by atoms with van der Waals surface area (Å²) in [5, 5.41) is 8.91. The SMILES string of the molecule is NS(=O)(=O)CCNC1CCSc2ccc(Cl)cc21. The summed E-state index contributed by atoms with van der Waals surface area (Å²) in [6.45, 7) is 0.361. The zero-order chi connectivity index (χ0) is 13.2. The van der Waals surface area contributed by atoms with Crippen LogP contribution in [0, 0.1) is 0 Å². The first-order valence-corrected chi connectivity index (χ1v) is 8.70. The highest BCUT2D eigenvalue weighted by Gasteiger charge is 2.20. The first kappa shape index (κ1) is 14.1. The van der Waals surface area contributed by atoms with Gasteiger partial charge in [0.15, 0.2) is 0 Å². The van der Waals surface area contributed by atoms with Crippen LogP contribution in [0.1, 0.15) is 18.0 Å². The number of rotatable bonds is 4. The number of hydrogen-bond acceptors (Lipinski definition) is 4. The molecule has 1 atom stereocenters. The Balaban J connectivity index is 2.05. The van der Waals surface area contributed by atoms with Gasteiger partial charge in [-0.2, -0.15) is 0 Å². The van der Waals surface area contributed by atoms with Gasteiger partial charge in [0.1, 0.15) is 0 Å². The van der Waals surface area contributed by atoms with Crippen LogP contribution in [-0.4, -0.2) is 26.5 Å². The van der Waals surface area contributed by atoms with E-state index in [9.17, 15) is 8.42 Å². The van der Waals surface area contributed by atoms with Crippen LogP contribution < -0.4 is 10.5 Å². The Labute approximate surface area is 116 Å². The van der Waals surface area contributed by atoms with Crippen molar-refractivity contribution in [2.45, 2.75) is 17.4 Å². The average molecular weight is 307 g/mol. The van der Waals surface area contributed by atoms with E-state index in [1.54, 1.807) is 11.8 Å². The first-order chi connectivity index (χ1) is 8.46. The lowest BCUT2D eigenvalue weighted by Crippen LogP contribution is -2.31. The number of benzene rings is 1. The Morgan fingerprint density at radius 3 is 3.00 bits per heavy atom. The van der Waals surface area contributed by atoms with E-state index in [0.29, 0.717) is 11.6 Å². The molecule has 0 fully saturated rings. The van der Waals surface area contributed by atoms with Crippen LogP contribution >= 0.6 is 23.4 Å². The molecule has 0 aromatic heterocycles. The van der Waals surface area contributed by atoms with Crippen molar-refractivity contribution in [3.8, 4) is 0 Å². The van der Waals surface area contributed by atoms with Gasteiger partial charge in [0.25, 0.3) is 0 Å². The smallest absolute Gasteiger partial charge is 0.210 e. The molecular formula is C11H15ClN2O2S2. The zero-order valence-corrected chi connectivity index (χ0v) is 12.1. The summed E-state index contributed by atoms with van der Waals surface area (Å²) in [4.78, 5) is 1.21. The van der Waals surface area contributed by atoms with Crippen molar-refractivity contribution < 1.29 is 8.42 Å². The second-order valence-corrected chi connectivity index (χ2v) is 7.50. The van der Waals surface area contributed by atoms with Crippen molar-refractivity contribution in [2.75, 3.05) is 18.1 Å². The van der Waals surface area contributed by atoms with Crippen molar-refractivity contribution in [3.05, 3.63) is 28.8 Å². The van der Waals surface area contributed by atoms with Gasteiger partial charge < -0.3 is 5.32 Å². The third kappa shape index (κ3) is 3.86. The summed E-state index contributed by atoms with van der Waals surface area (Å²) in [5.74, 6) is 0.966. The minimum Gasteiger partial charge on any atom is -0.309 e. The normalized spacial score (nSPS) is 19.6. The molecule has 1 aromatic carbocycles. The van der Waals surface area contributed by atoms with E-state index in [2.05, 4.69) is 5.32 Å². The molecule has 0 saturated carbocycles. The predicted molar refractivity (Wildman–Crippen MR) is 75.5 cm³/mol. The molecule has 0 saturated heterocycles. The molecule has 100 valence electrons. The van der Waals surface area contributed by atoms with Gasteiger partial charge in [-0.25, -0.2) is 13.6 Å². The van der Waals surface area contributed by atoms with Gasteiger partial charge in [-0.05, 0) is 35.9 Å². The number of primary sulfonamides is 1. The van der Waals surface area contributed by atoms with Crippen LogP contribution in [0.2, 0.25) is 5.02 Å². The van der Waals surface area contributed by atoms with Gasteiger partial charge in [0.05, 0.1) is 5.75 Å². The average Bonchev–Trinajstić information content (AvgIpc) is 2.28. The minimum atomic E-state index is -3.40. The van der Waals surface area contributed by atoms with Gasteiger partial charge >= 0.3 is 0 Å². The summed E-state index contributed by atoms with van der Waals surface area (Å²) in [6, 6.07) is 5.98. The molecule has 0 radical (unpaired) electrons. The number of nitrogens with two attached hydrogens (primary N) is 1. The Kier molecular flexibility index (Phi) is 4.55. The van der Waals surface area contributed by atoms with E-state index in [-0.39, 0.29) is 11.8 Å². The molecule has 0 spiro atoms. The van der Waals surface area contributed by atoms with Crippen molar-refractivity contribution in [2.24, 2.45) is 5.14 Å². The standard InChI is InChI=1S/C11H15ClN2O2S2/c12-8-1-2-11-9(7-8)10(3-5-17-11)14-4-6-18(13,15)16/h1-2,7,10,14H,3-6H2,(H2,13,15,16). The highest BCUT2D eigenvalue weighted by molar-refractivity contribution is 7.99. The molecule has 1 aromatic rings. The van der Waals surface area contributed by atoms with Crippen LogP contribution in [0.5, 0.6) is 0 Å². The molecule has 3 N–H and O–H groups in total. The highest BCUT2D eigenvalue weighted by Crippen LogP contribution is 2.37. The van der Waals surface area contributed by atoms with Crippen LogP contribution in [0.15, 0.2) is 23.1 Å². The minimum absolute atomic E-state index is 0.0491. The van der Waals surface area contributed by atoms with Gasteiger partial charge in [-0.1, -0.05) is 11.6 Å². The molecule has 7 heteroatoms. The zero-order valence-electron chi connectivity index (χ0n) is 9.73. The quantitative estimate of drug-likeness (QED) is 0.889. The van der Waals surface area contributed by atoms with E-state index < -0.39 is 10.0 Å². The Morgan fingerprint density at radius 2 is 2.28 bits per heavy atom. The maximum absolute atomic E-state index is 10.9. The third-order valence-electron chi connectivity index (χ3n) is 2.79. The number of halogens is 1. The summed E-state index contributed by atoms with van der Waals surface area (Å²) < 4.78 is 21.8. The largest absolute Gasteiger partial charge is 0.309 e.